The smallest absolute Gasteiger partial charge is 0.137 e. The second-order valence-electron chi connectivity index (χ2n) is 6.45. The quantitative estimate of drug-likeness (QED) is 0.945. The Morgan fingerprint density at radius 1 is 1.14 bits per heavy atom. The standard InChI is InChI=1S/C17H21FN4/c18-12-5-6-16-15(9-12)17(20-11-19-16)21-13-7-8-22(10-13)14-3-1-2-4-14/h5-6,9,11,13-14H,1-4,7-8,10H2,(H,19,20,21). The van der Waals surface area contributed by atoms with Gasteiger partial charge in [-0.25, -0.2) is 14.4 Å². The van der Waals surface area contributed by atoms with E-state index in [1.165, 1.54) is 37.8 Å². The number of nitrogens with one attached hydrogen (secondary N) is 1. The molecule has 2 aliphatic rings. The van der Waals surface area contributed by atoms with Gasteiger partial charge in [-0.1, -0.05) is 12.8 Å². The van der Waals surface area contributed by atoms with E-state index in [2.05, 4.69) is 20.2 Å². The number of likely N-dealkylation sites (tertiary alicyclic amines) is 1. The third-order valence-electron chi connectivity index (χ3n) is 5.00. The van der Waals surface area contributed by atoms with Crippen molar-refractivity contribution in [2.45, 2.75) is 44.2 Å². The number of anilines is 1. The maximum Gasteiger partial charge on any atom is 0.137 e. The van der Waals surface area contributed by atoms with Crippen LogP contribution in [-0.4, -0.2) is 40.0 Å². The molecule has 1 atom stereocenters. The first kappa shape index (κ1) is 13.9. The van der Waals surface area contributed by atoms with Crippen molar-refractivity contribution in [3.8, 4) is 0 Å². The lowest BCUT2D eigenvalue weighted by Gasteiger charge is -2.23. The molecule has 5 heteroatoms. The molecule has 2 aromatic rings. The summed E-state index contributed by atoms with van der Waals surface area (Å²) in [6, 6.07) is 5.82. The van der Waals surface area contributed by atoms with Gasteiger partial charge in [0.05, 0.1) is 5.52 Å². The fourth-order valence-electron chi connectivity index (χ4n) is 3.84. The van der Waals surface area contributed by atoms with E-state index in [9.17, 15) is 4.39 Å². The molecule has 22 heavy (non-hydrogen) atoms. The van der Waals surface area contributed by atoms with Crippen LogP contribution in [0.2, 0.25) is 0 Å². The van der Waals surface area contributed by atoms with E-state index in [-0.39, 0.29) is 5.82 Å². The summed E-state index contributed by atoms with van der Waals surface area (Å²) >= 11 is 0. The molecular formula is C17H21FN4. The van der Waals surface area contributed by atoms with Crippen molar-refractivity contribution in [1.82, 2.24) is 14.9 Å². The zero-order chi connectivity index (χ0) is 14.9. The zero-order valence-electron chi connectivity index (χ0n) is 12.6. The maximum absolute atomic E-state index is 13.5. The minimum Gasteiger partial charge on any atom is -0.365 e. The fourth-order valence-corrected chi connectivity index (χ4v) is 3.84. The van der Waals surface area contributed by atoms with Crippen LogP contribution in [0, 0.1) is 5.82 Å². The minimum atomic E-state index is -0.246. The average Bonchev–Trinajstić information content (AvgIpc) is 3.18. The number of fused-ring (bicyclic) bond motifs is 1. The van der Waals surface area contributed by atoms with Crippen LogP contribution in [-0.2, 0) is 0 Å². The third-order valence-corrected chi connectivity index (χ3v) is 5.00. The second kappa shape index (κ2) is 5.80. The van der Waals surface area contributed by atoms with E-state index in [0.717, 1.165) is 42.3 Å². The molecule has 4 nitrogen and oxygen atoms in total. The summed E-state index contributed by atoms with van der Waals surface area (Å²) in [5, 5.41) is 4.27. The Morgan fingerprint density at radius 2 is 2.00 bits per heavy atom. The van der Waals surface area contributed by atoms with E-state index in [0.29, 0.717) is 6.04 Å². The predicted molar refractivity (Wildman–Crippen MR) is 85.4 cm³/mol. The number of benzene rings is 1. The van der Waals surface area contributed by atoms with Crippen molar-refractivity contribution in [3.05, 3.63) is 30.3 Å². The van der Waals surface area contributed by atoms with Gasteiger partial charge in [-0.05, 0) is 37.5 Å². The molecule has 116 valence electrons. The summed E-state index contributed by atoms with van der Waals surface area (Å²) in [4.78, 5) is 11.1. The molecule has 1 saturated carbocycles. The summed E-state index contributed by atoms with van der Waals surface area (Å²) in [6.07, 6.45) is 8.09. The Hall–Kier alpha value is -1.75. The Morgan fingerprint density at radius 3 is 2.86 bits per heavy atom. The summed E-state index contributed by atoms with van der Waals surface area (Å²) in [5.74, 6) is 0.507. The van der Waals surface area contributed by atoms with Gasteiger partial charge in [-0.3, -0.25) is 4.90 Å². The van der Waals surface area contributed by atoms with Crippen LogP contribution in [0.1, 0.15) is 32.1 Å². The Kier molecular flexibility index (Phi) is 3.66. The molecule has 1 aliphatic heterocycles. The van der Waals surface area contributed by atoms with Crippen LogP contribution in [0.5, 0.6) is 0 Å². The van der Waals surface area contributed by atoms with Crippen molar-refractivity contribution in [1.29, 1.82) is 0 Å². The van der Waals surface area contributed by atoms with Gasteiger partial charge in [0.25, 0.3) is 0 Å². The summed E-state index contributed by atoms with van der Waals surface area (Å²) in [5.41, 5.74) is 0.782. The van der Waals surface area contributed by atoms with Gasteiger partial charge < -0.3 is 5.32 Å². The molecule has 0 amide bonds. The van der Waals surface area contributed by atoms with Gasteiger partial charge in [-0.15, -0.1) is 0 Å². The van der Waals surface area contributed by atoms with E-state index < -0.39 is 0 Å². The highest BCUT2D eigenvalue weighted by Crippen LogP contribution is 2.28. The molecule has 2 heterocycles. The maximum atomic E-state index is 13.5. The first-order valence-electron chi connectivity index (χ1n) is 8.20. The molecule has 1 aromatic carbocycles. The highest BCUT2D eigenvalue weighted by Gasteiger charge is 2.30. The SMILES string of the molecule is Fc1ccc2ncnc(NC3CCN(C4CCCC4)C3)c2c1. The topological polar surface area (TPSA) is 41.1 Å². The highest BCUT2D eigenvalue weighted by molar-refractivity contribution is 5.88. The van der Waals surface area contributed by atoms with Gasteiger partial charge in [0.2, 0.25) is 0 Å². The van der Waals surface area contributed by atoms with Crippen LogP contribution in [0.15, 0.2) is 24.5 Å². The van der Waals surface area contributed by atoms with Crippen LogP contribution in [0.4, 0.5) is 10.2 Å². The van der Waals surface area contributed by atoms with Crippen molar-refractivity contribution in [2.24, 2.45) is 0 Å². The number of hydrogen-bond acceptors (Lipinski definition) is 4. The molecule has 1 aromatic heterocycles. The number of nitrogens with zero attached hydrogens (tertiary/aromatic N) is 3. The molecule has 1 unspecified atom stereocenters. The summed E-state index contributed by atoms with van der Waals surface area (Å²) < 4.78 is 13.5. The molecule has 1 N–H and O–H groups in total. The molecular weight excluding hydrogens is 279 g/mol. The van der Waals surface area contributed by atoms with Crippen LogP contribution in [0.3, 0.4) is 0 Å². The molecule has 4 rings (SSSR count). The van der Waals surface area contributed by atoms with Gasteiger partial charge >= 0.3 is 0 Å². The van der Waals surface area contributed by atoms with Gasteiger partial charge in [-0.2, -0.15) is 0 Å². The summed E-state index contributed by atoms with van der Waals surface area (Å²) in [6.45, 7) is 2.21. The van der Waals surface area contributed by atoms with Gasteiger partial charge in [0.1, 0.15) is 18.0 Å². The molecule has 1 saturated heterocycles. The van der Waals surface area contributed by atoms with Gasteiger partial charge in [0.15, 0.2) is 0 Å². The van der Waals surface area contributed by atoms with Crippen molar-refractivity contribution < 1.29 is 4.39 Å². The minimum absolute atomic E-state index is 0.246. The number of rotatable bonds is 3. The third kappa shape index (κ3) is 2.65. The molecule has 0 radical (unpaired) electrons. The zero-order valence-corrected chi connectivity index (χ0v) is 12.6. The number of halogens is 1. The van der Waals surface area contributed by atoms with E-state index >= 15 is 0 Å². The van der Waals surface area contributed by atoms with Crippen LogP contribution >= 0.6 is 0 Å². The monoisotopic (exact) mass is 300 g/mol. The first-order valence-corrected chi connectivity index (χ1v) is 8.20. The second-order valence-corrected chi connectivity index (χ2v) is 6.45. The van der Waals surface area contributed by atoms with Crippen molar-refractivity contribution in [3.63, 3.8) is 0 Å². The molecule has 0 spiro atoms. The van der Waals surface area contributed by atoms with E-state index in [4.69, 9.17) is 0 Å². The van der Waals surface area contributed by atoms with Crippen LogP contribution in [0.25, 0.3) is 10.9 Å². The Bertz CT molecular complexity index is 669. The number of aromatic nitrogens is 2. The van der Waals surface area contributed by atoms with Crippen LogP contribution < -0.4 is 5.32 Å². The first-order chi connectivity index (χ1) is 10.8. The predicted octanol–water partition coefficient (Wildman–Crippen LogP) is 3.20. The molecule has 1 aliphatic carbocycles. The number of hydrogen-bond donors (Lipinski definition) is 1. The lowest BCUT2D eigenvalue weighted by molar-refractivity contribution is 0.245. The van der Waals surface area contributed by atoms with E-state index in [1.54, 1.807) is 12.4 Å². The Balaban J connectivity index is 1.51. The molecule has 2 fully saturated rings. The van der Waals surface area contributed by atoms with Crippen molar-refractivity contribution >= 4 is 16.7 Å². The molecule has 0 bridgehead atoms. The highest BCUT2D eigenvalue weighted by atomic mass is 19.1. The lowest BCUT2D eigenvalue weighted by Crippen LogP contribution is -2.33. The normalized spacial score (nSPS) is 23.4. The fraction of sp³-hybridized carbons (Fsp3) is 0.529. The van der Waals surface area contributed by atoms with E-state index in [1.807, 2.05) is 0 Å². The average molecular weight is 300 g/mol. The largest absolute Gasteiger partial charge is 0.365 e. The lowest BCUT2D eigenvalue weighted by atomic mass is 10.2. The Labute approximate surface area is 129 Å². The van der Waals surface area contributed by atoms with Crippen molar-refractivity contribution in [2.75, 3.05) is 18.4 Å². The summed E-state index contributed by atoms with van der Waals surface area (Å²) in [7, 11) is 0. The van der Waals surface area contributed by atoms with Gasteiger partial charge in [0, 0.05) is 30.6 Å².